The van der Waals surface area contributed by atoms with Gasteiger partial charge in [0.2, 0.25) is 0 Å². The maximum absolute atomic E-state index is 12.6. The molecular weight excluding hydrogens is 540 g/mol. The monoisotopic (exact) mass is 570 g/mol. The van der Waals surface area contributed by atoms with Gasteiger partial charge in [0, 0.05) is 29.8 Å². The number of anilines is 1. The fraction of sp³-hybridized carbons (Fsp3) is 0.226. The Morgan fingerprint density at radius 2 is 1.80 bits per heavy atom. The van der Waals surface area contributed by atoms with E-state index in [4.69, 9.17) is 19.6 Å². The molecule has 0 bridgehead atoms. The van der Waals surface area contributed by atoms with E-state index in [0.717, 1.165) is 22.5 Å². The predicted molar refractivity (Wildman–Crippen MR) is 155 cm³/mol. The highest BCUT2D eigenvalue weighted by molar-refractivity contribution is 7.86. The number of aromatic nitrogens is 3. The second-order valence-corrected chi connectivity index (χ2v) is 11.9. The van der Waals surface area contributed by atoms with Crippen LogP contribution in [0.5, 0.6) is 5.75 Å². The highest BCUT2D eigenvalue weighted by Crippen LogP contribution is 2.45. The van der Waals surface area contributed by atoms with E-state index < -0.39 is 16.4 Å². The first kappa shape index (κ1) is 26.9. The zero-order valence-electron chi connectivity index (χ0n) is 22.4. The number of ether oxygens (including phenoxy) is 1. The highest BCUT2D eigenvalue weighted by atomic mass is 32.2. The van der Waals surface area contributed by atoms with Crippen LogP contribution in [0.1, 0.15) is 35.7 Å². The molecule has 9 nitrogen and oxygen atoms in total. The van der Waals surface area contributed by atoms with E-state index in [2.05, 4.69) is 4.98 Å². The van der Waals surface area contributed by atoms with Crippen molar-refractivity contribution in [1.29, 1.82) is 0 Å². The second-order valence-electron chi connectivity index (χ2n) is 10.3. The molecule has 0 saturated heterocycles. The van der Waals surface area contributed by atoms with E-state index in [1.54, 1.807) is 18.3 Å². The van der Waals surface area contributed by atoms with Crippen molar-refractivity contribution in [2.75, 3.05) is 5.73 Å². The zero-order chi connectivity index (χ0) is 28.6. The van der Waals surface area contributed by atoms with Crippen LogP contribution in [0.2, 0.25) is 0 Å². The van der Waals surface area contributed by atoms with Gasteiger partial charge in [-0.15, -0.1) is 0 Å². The predicted octanol–water partition coefficient (Wildman–Crippen LogP) is 5.08. The first-order chi connectivity index (χ1) is 19.8. The molecule has 1 aliphatic rings. The maximum atomic E-state index is 12.6. The lowest BCUT2D eigenvalue weighted by Crippen LogP contribution is -2.36. The summed E-state index contributed by atoms with van der Waals surface area (Å²) >= 11 is 0. The second kappa shape index (κ2) is 11.0. The Morgan fingerprint density at radius 1 is 1.05 bits per heavy atom. The summed E-state index contributed by atoms with van der Waals surface area (Å²) < 4.78 is 38.4. The number of aryl methyl sites for hydroxylation is 1. The van der Waals surface area contributed by atoms with E-state index in [-0.39, 0.29) is 16.7 Å². The van der Waals surface area contributed by atoms with Gasteiger partial charge in [-0.1, -0.05) is 60.2 Å². The molecule has 1 fully saturated rings. The van der Waals surface area contributed by atoms with Gasteiger partial charge >= 0.3 is 0 Å². The average molecular weight is 571 g/mol. The van der Waals surface area contributed by atoms with Crippen LogP contribution in [0.25, 0.3) is 16.8 Å². The van der Waals surface area contributed by atoms with Crippen molar-refractivity contribution >= 4 is 21.5 Å². The number of aliphatic hydroxyl groups excluding tert-OH is 1. The molecule has 3 N–H and O–H groups in total. The number of fused-ring (bicyclic) bond motifs is 1. The fourth-order valence-corrected chi connectivity index (χ4v) is 6.12. The molecule has 1 aliphatic carbocycles. The van der Waals surface area contributed by atoms with Crippen LogP contribution in [0.4, 0.5) is 5.82 Å². The van der Waals surface area contributed by atoms with Gasteiger partial charge in [-0.25, -0.2) is 14.2 Å². The molecule has 1 atom stereocenters. The van der Waals surface area contributed by atoms with Crippen LogP contribution in [0.15, 0.2) is 96.2 Å². The molecular formula is C31H30N4O5S. The van der Waals surface area contributed by atoms with E-state index in [9.17, 15) is 13.5 Å². The lowest BCUT2D eigenvalue weighted by atomic mass is 9.74. The number of hydrogen-bond donors (Lipinski definition) is 2. The Bertz CT molecular complexity index is 1780. The summed E-state index contributed by atoms with van der Waals surface area (Å²) in [7, 11) is -4.09. The first-order valence-electron chi connectivity index (χ1n) is 13.4. The van der Waals surface area contributed by atoms with Crippen molar-refractivity contribution in [1.82, 2.24) is 14.4 Å². The third-order valence-corrected chi connectivity index (χ3v) is 8.74. The van der Waals surface area contributed by atoms with Gasteiger partial charge in [0.25, 0.3) is 10.1 Å². The van der Waals surface area contributed by atoms with Gasteiger partial charge in [0.05, 0.1) is 4.90 Å². The van der Waals surface area contributed by atoms with E-state index in [0.29, 0.717) is 42.2 Å². The van der Waals surface area contributed by atoms with Gasteiger partial charge < -0.3 is 15.6 Å². The van der Waals surface area contributed by atoms with Crippen LogP contribution in [-0.2, 0) is 20.9 Å². The Balaban J connectivity index is 1.20. The standard InChI is InChI=1S/C31H30N4O5S/c1-20-10-12-26(13-11-20)41(37,38)40-31(36)24-16-23(17-24)30-34-27(28-29(32)33-14-15-35(28)30)22-8-5-9-25(18-22)39-19-21-6-3-2-4-7-21/h2-15,18,23-24,31,36H,16-17,19H2,1H3,(H2,32,33). The van der Waals surface area contributed by atoms with Crippen molar-refractivity contribution in [2.24, 2.45) is 5.92 Å². The highest BCUT2D eigenvalue weighted by Gasteiger charge is 2.40. The Labute approximate surface area is 238 Å². The maximum Gasteiger partial charge on any atom is 0.299 e. The molecule has 5 aromatic rings. The van der Waals surface area contributed by atoms with Gasteiger partial charge in [0.1, 0.15) is 35.2 Å². The molecule has 1 saturated carbocycles. The summed E-state index contributed by atoms with van der Waals surface area (Å²) in [6, 6.07) is 23.9. The van der Waals surface area contributed by atoms with Crippen molar-refractivity contribution in [3.63, 3.8) is 0 Å². The number of hydrogen-bond acceptors (Lipinski definition) is 8. The van der Waals surface area contributed by atoms with Crippen LogP contribution < -0.4 is 10.5 Å². The molecule has 0 aliphatic heterocycles. The van der Waals surface area contributed by atoms with Gasteiger partial charge in [-0.05, 0) is 49.6 Å². The largest absolute Gasteiger partial charge is 0.489 e. The number of benzene rings is 3. The molecule has 41 heavy (non-hydrogen) atoms. The Morgan fingerprint density at radius 3 is 2.56 bits per heavy atom. The molecule has 3 aromatic carbocycles. The van der Waals surface area contributed by atoms with Crippen molar-refractivity contribution in [3.8, 4) is 17.0 Å². The minimum Gasteiger partial charge on any atom is -0.489 e. The zero-order valence-corrected chi connectivity index (χ0v) is 23.2. The van der Waals surface area contributed by atoms with Crippen molar-refractivity contribution in [2.45, 2.75) is 43.5 Å². The Kier molecular flexibility index (Phi) is 7.21. The third-order valence-electron chi connectivity index (χ3n) is 7.44. The summed E-state index contributed by atoms with van der Waals surface area (Å²) in [5.41, 5.74) is 10.5. The molecule has 2 aromatic heterocycles. The SMILES string of the molecule is Cc1ccc(S(=O)(=O)OC(O)C2CC(c3nc(-c4cccc(OCc5ccccc5)c4)c4c(N)nccn34)C2)cc1. The number of imidazole rings is 1. The molecule has 6 rings (SSSR count). The Hall–Kier alpha value is -4.25. The van der Waals surface area contributed by atoms with Crippen LogP contribution in [0, 0.1) is 12.8 Å². The summed E-state index contributed by atoms with van der Waals surface area (Å²) in [6.07, 6.45) is 3.00. The summed E-state index contributed by atoms with van der Waals surface area (Å²) in [5, 5.41) is 10.6. The van der Waals surface area contributed by atoms with Crippen LogP contribution in [0.3, 0.4) is 0 Å². The van der Waals surface area contributed by atoms with Crippen LogP contribution >= 0.6 is 0 Å². The summed E-state index contributed by atoms with van der Waals surface area (Å²) in [6.45, 7) is 2.31. The number of aliphatic hydroxyl groups is 1. The molecule has 0 radical (unpaired) electrons. The van der Waals surface area contributed by atoms with E-state index in [1.165, 1.54) is 12.1 Å². The molecule has 210 valence electrons. The molecule has 0 amide bonds. The van der Waals surface area contributed by atoms with Gasteiger partial charge in [-0.2, -0.15) is 8.42 Å². The molecule has 2 heterocycles. The van der Waals surface area contributed by atoms with Crippen molar-refractivity contribution < 1.29 is 22.4 Å². The molecule has 1 unspecified atom stereocenters. The molecule has 0 spiro atoms. The lowest BCUT2D eigenvalue weighted by Gasteiger charge is -2.36. The van der Waals surface area contributed by atoms with Gasteiger partial charge in [0.15, 0.2) is 6.29 Å². The van der Waals surface area contributed by atoms with E-state index >= 15 is 0 Å². The lowest BCUT2D eigenvalue weighted by molar-refractivity contribution is -0.0882. The fourth-order valence-electron chi connectivity index (χ4n) is 5.12. The topological polar surface area (TPSA) is 129 Å². The number of nitrogen functional groups attached to an aromatic ring is 1. The van der Waals surface area contributed by atoms with E-state index in [1.807, 2.05) is 72.1 Å². The summed E-state index contributed by atoms with van der Waals surface area (Å²) in [5.74, 6) is 1.44. The summed E-state index contributed by atoms with van der Waals surface area (Å²) in [4.78, 5) is 9.27. The normalized spacial score (nSPS) is 17.7. The minimum absolute atomic E-state index is 0.0138. The number of rotatable bonds is 9. The number of nitrogens with two attached hydrogens (primary N) is 1. The van der Waals surface area contributed by atoms with Crippen molar-refractivity contribution in [3.05, 3.63) is 108 Å². The minimum atomic E-state index is -4.09. The third kappa shape index (κ3) is 5.54. The van der Waals surface area contributed by atoms with Gasteiger partial charge in [-0.3, -0.25) is 4.40 Å². The quantitative estimate of drug-likeness (QED) is 0.185. The first-order valence-corrected chi connectivity index (χ1v) is 14.8. The average Bonchev–Trinajstić information content (AvgIpc) is 3.32. The van der Waals surface area contributed by atoms with Crippen LogP contribution in [-0.4, -0.2) is 34.2 Å². The smallest absolute Gasteiger partial charge is 0.299 e. The number of nitrogens with zero attached hydrogens (tertiary/aromatic N) is 3. The molecule has 10 heteroatoms.